The third kappa shape index (κ3) is 3.58. The Kier molecular flexibility index (Phi) is 4.18. The van der Waals surface area contributed by atoms with E-state index in [2.05, 4.69) is 5.32 Å². The average molecular weight is 255 g/mol. The topological polar surface area (TPSA) is 38.3 Å². The summed E-state index contributed by atoms with van der Waals surface area (Å²) >= 11 is 0. The number of carbonyl (C=O) groups excluding carboxylic acids is 1. The Morgan fingerprint density at radius 3 is 2.68 bits per heavy atom. The molecule has 1 N–H and O–H groups in total. The van der Waals surface area contributed by atoms with Crippen LogP contribution in [0.15, 0.2) is 48.5 Å². The normalized spacial score (nSPS) is 10.0. The standard InChI is InChI=1S/C16H17NO2/c1-12-6-5-8-14(10-12)17-16(18)11-13-7-3-4-9-15(13)19-2/h3-10H,11H2,1-2H3,(H,17,18). The van der Waals surface area contributed by atoms with E-state index in [1.54, 1.807) is 7.11 Å². The molecule has 2 aromatic rings. The minimum atomic E-state index is -0.0462. The Labute approximate surface area is 113 Å². The van der Waals surface area contributed by atoms with Gasteiger partial charge >= 0.3 is 0 Å². The molecular weight excluding hydrogens is 238 g/mol. The molecule has 0 unspecified atom stereocenters. The largest absolute Gasteiger partial charge is 0.496 e. The fourth-order valence-corrected chi connectivity index (χ4v) is 1.95. The van der Waals surface area contributed by atoms with Gasteiger partial charge in [-0.3, -0.25) is 4.79 Å². The average Bonchev–Trinajstić information content (AvgIpc) is 2.39. The Hall–Kier alpha value is -2.29. The maximum absolute atomic E-state index is 12.0. The zero-order valence-electron chi connectivity index (χ0n) is 11.1. The summed E-state index contributed by atoms with van der Waals surface area (Å²) in [4.78, 5) is 12.0. The quantitative estimate of drug-likeness (QED) is 0.911. The van der Waals surface area contributed by atoms with Gasteiger partial charge in [0.1, 0.15) is 5.75 Å². The van der Waals surface area contributed by atoms with Crippen molar-refractivity contribution in [2.24, 2.45) is 0 Å². The lowest BCUT2D eigenvalue weighted by atomic mass is 10.1. The number of para-hydroxylation sites is 1. The summed E-state index contributed by atoms with van der Waals surface area (Å²) in [5.74, 6) is 0.692. The predicted molar refractivity (Wildman–Crippen MR) is 76.5 cm³/mol. The van der Waals surface area contributed by atoms with Crippen LogP contribution >= 0.6 is 0 Å². The van der Waals surface area contributed by atoms with Gasteiger partial charge in [0.05, 0.1) is 13.5 Å². The molecule has 0 atom stereocenters. The van der Waals surface area contributed by atoms with E-state index < -0.39 is 0 Å². The van der Waals surface area contributed by atoms with Crippen molar-refractivity contribution >= 4 is 11.6 Å². The van der Waals surface area contributed by atoms with Crippen molar-refractivity contribution in [1.29, 1.82) is 0 Å². The van der Waals surface area contributed by atoms with Crippen LogP contribution < -0.4 is 10.1 Å². The van der Waals surface area contributed by atoms with Gasteiger partial charge in [-0.25, -0.2) is 0 Å². The van der Waals surface area contributed by atoms with Gasteiger partial charge in [0.2, 0.25) is 5.91 Å². The van der Waals surface area contributed by atoms with E-state index in [9.17, 15) is 4.79 Å². The van der Waals surface area contributed by atoms with Crippen LogP contribution in [-0.2, 0) is 11.2 Å². The molecule has 0 saturated carbocycles. The highest BCUT2D eigenvalue weighted by atomic mass is 16.5. The van der Waals surface area contributed by atoms with Gasteiger partial charge in [-0.05, 0) is 30.7 Å². The van der Waals surface area contributed by atoms with Crippen LogP contribution in [0.3, 0.4) is 0 Å². The SMILES string of the molecule is COc1ccccc1CC(=O)Nc1cccc(C)c1. The molecule has 0 heterocycles. The van der Waals surface area contributed by atoms with Crippen LogP contribution in [0.4, 0.5) is 5.69 Å². The molecule has 0 aliphatic rings. The summed E-state index contributed by atoms with van der Waals surface area (Å²) in [5.41, 5.74) is 2.82. The first-order valence-electron chi connectivity index (χ1n) is 6.17. The molecule has 0 aliphatic carbocycles. The number of nitrogens with one attached hydrogen (secondary N) is 1. The number of rotatable bonds is 4. The first kappa shape index (κ1) is 13.1. The lowest BCUT2D eigenvalue weighted by molar-refractivity contribution is -0.115. The van der Waals surface area contributed by atoms with E-state index in [1.807, 2.05) is 55.5 Å². The van der Waals surface area contributed by atoms with Crippen molar-refractivity contribution in [3.05, 3.63) is 59.7 Å². The summed E-state index contributed by atoms with van der Waals surface area (Å²) in [7, 11) is 1.61. The molecule has 0 saturated heterocycles. The molecule has 3 nitrogen and oxygen atoms in total. The lowest BCUT2D eigenvalue weighted by Crippen LogP contribution is -2.14. The molecule has 0 aromatic heterocycles. The van der Waals surface area contributed by atoms with E-state index in [1.165, 1.54) is 0 Å². The summed E-state index contributed by atoms with van der Waals surface area (Å²) in [6, 6.07) is 15.3. The molecule has 0 fully saturated rings. The molecular formula is C16H17NO2. The number of hydrogen-bond donors (Lipinski definition) is 1. The van der Waals surface area contributed by atoms with Crippen LogP contribution in [0.1, 0.15) is 11.1 Å². The molecule has 0 bridgehead atoms. The van der Waals surface area contributed by atoms with Crippen molar-refractivity contribution in [2.45, 2.75) is 13.3 Å². The summed E-state index contributed by atoms with van der Waals surface area (Å²) in [6.45, 7) is 2.00. The molecule has 0 spiro atoms. The summed E-state index contributed by atoms with van der Waals surface area (Å²) < 4.78 is 5.24. The summed E-state index contributed by atoms with van der Waals surface area (Å²) in [5, 5.41) is 2.89. The Morgan fingerprint density at radius 1 is 1.16 bits per heavy atom. The first-order valence-corrected chi connectivity index (χ1v) is 6.17. The number of aryl methyl sites for hydroxylation is 1. The van der Waals surface area contributed by atoms with Gasteiger partial charge in [-0.1, -0.05) is 30.3 Å². The van der Waals surface area contributed by atoms with Gasteiger partial charge in [-0.2, -0.15) is 0 Å². The van der Waals surface area contributed by atoms with E-state index in [0.29, 0.717) is 6.42 Å². The van der Waals surface area contributed by atoms with E-state index >= 15 is 0 Å². The van der Waals surface area contributed by atoms with Crippen LogP contribution in [0.2, 0.25) is 0 Å². The van der Waals surface area contributed by atoms with E-state index in [0.717, 1.165) is 22.6 Å². The minimum Gasteiger partial charge on any atom is -0.496 e. The second kappa shape index (κ2) is 6.05. The van der Waals surface area contributed by atoms with E-state index in [-0.39, 0.29) is 5.91 Å². The van der Waals surface area contributed by atoms with Crippen LogP contribution in [0.5, 0.6) is 5.75 Å². The number of methoxy groups -OCH3 is 1. The molecule has 98 valence electrons. The van der Waals surface area contributed by atoms with Crippen molar-refractivity contribution in [2.75, 3.05) is 12.4 Å². The maximum atomic E-state index is 12.0. The fourth-order valence-electron chi connectivity index (χ4n) is 1.95. The molecule has 2 aromatic carbocycles. The fraction of sp³-hybridized carbons (Fsp3) is 0.188. The molecule has 3 heteroatoms. The number of anilines is 1. The molecule has 19 heavy (non-hydrogen) atoms. The first-order chi connectivity index (χ1) is 9.19. The van der Waals surface area contributed by atoms with Crippen LogP contribution in [0, 0.1) is 6.92 Å². The molecule has 0 aliphatic heterocycles. The third-order valence-corrected chi connectivity index (χ3v) is 2.85. The Bertz CT molecular complexity index is 578. The van der Waals surface area contributed by atoms with Crippen LogP contribution in [0.25, 0.3) is 0 Å². The highest BCUT2D eigenvalue weighted by Crippen LogP contribution is 2.18. The van der Waals surface area contributed by atoms with Crippen molar-refractivity contribution in [1.82, 2.24) is 0 Å². The zero-order valence-corrected chi connectivity index (χ0v) is 11.1. The second-order valence-corrected chi connectivity index (χ2v) is 4.41. The Morgan fingerprint density at radius 2 is 1.95 bits per heavy atom. The third-order valence-electron chi connectivity index (χ3n) is 2.85. The van der Waals surface area contributed by atoms with Gasteiger partial charge in [-0.15, -0.1) is 0 Å². The van der Waals surface area contributed by atoms with Crippen molar-refractivity contribution in [3.63, 3.8) is 0 Å². The zero-order chi connectivity index (χ0) is 13.7. The molecule has 0 radical (unpaired) electrons. The maximum Gasteiger partial charge on any atom is 0.228 e. The second-order valence-electron chi connectivity index (χ2n) is 4.41. The van der Waals surface area contributed by atoms with E-state index in [4.69, 9.17) is 4.74 Å². The highest BCUT2D eigenvalue weighted by Gasteiger charge is 2.08. The number of benzene rings is 2. The summed E-state index contributed by atoms with van der Waals surface area (Å²) in [6.07, 6.45) is 0.304. The van der Waals surface area contributed by atoms with Crippen LogP contribution in [-0.4, -0.2) is 13.0 Å². The molecule has 2 rings (SSSR count). The van der Waals surface area contributed by atoms with Gasteiger partial charge in [0.15, 0.2) is 0 Å². The van der Waals surface area contributed by atoms with Gasteiger partial charge in [0.25, 0.3) is 0 Å². The monoisotopic (exact) mass is 255 g/mol. The molecule has 1 amide bonds. The smallest absolute Gasteiger partial charge is 0.228 e. The number of carbonyl (C=O) groups is 1. The minimum absolute atomic E-state index is 0.0462. The van der Waals surface area contributed by atoms with Crippen molar-refractivity contribution in [3.8, 4) is 5.75 Å². The predicted octanol–water partition coefficient (Wildman–Crippen LogP) is 3.18. The number of hydrogen-bond acceptors (Lipinski definition) is 2. The highest BCUT2D eigenvalue weighted by molar-refractivity contribution is 5.92. The lowest BCUT2D eigenvalue weighted by Gasteiger charge is -2.09. The number of ether oxygens (including phenoxy) is 1. The van der Waals surface area contributed by atoms with Crippen molar-refractivity contribution < 1.29 is 9.53 Å². The Balaban J connectivity index is 2.05. The van der Waals surface area contributed by atoms with Gasteiger partial charge < -0.3 is 10.1 Å². The van der Waals surface area contributed by atoms with Gasteiger partial charge in [0, 0.05) is 11.3 Å². The number of amides is 1.